The third kappa shape index (κ3) is 7.21. The molecule has 0 saturated carbocycles. The smallest absolute Gasteiger partial charge is 0.319 e. The number of rotatable bonds is 8. The number of benzene rings is 1. The van der Waals surface area contributed by atoms with Crippen LogP contribution in [0.1, 0.15) is 12.8 Å². The Kier molecular flexibility index (Phi) is 8.21. The molecule has 0 spiro atoms. The van der Waals surface area contributed by atoms with Crippen LogP contribution >= 0.6 is 12.6 Å². The summed E-state index contributed by atoms with van der Waals surface area (Å²) in [6.45, 7) is 1.17. The first kappa shape index (κ1) is 18.2. The molecule has 3 amide bonds. The summed E-state index contributed by atoms with van der Waals surface area (Å²) in [6.07, 6.45) is 1.62. The Bertz CT molecular complexity index is 477. The van der Waals surface area contributed by atoms with Gasteiger partial charge in [-0.15, -0.1) is 0 Å². The van der Waals surface area contributed by atoms with E-state index in [0.29, 0.717) is 13.1 Å². The lowest BCUT2D eigenvalue weighted by Gasteiger charge is -2.13. The first-order chi connectivity index (χ1) is 10.5. The largest absolute Gasteiger partial charge is 0.378 e. The van der Waals surface area contributed by atoms with Gasteiger partial charge in [-0.05, 0) is 37.1 Å². The minimum atomic E-state index is -0.225. The lowest BCUT2D eigenvalue weighted by Crippen LogP contribution is -2.30. The molecular formula is C15H24N4O2S. The molecule has 0 radical (unpaired) electrons. The zero-order valence-electron chi connectivity index (χ0n) is 13.1. The topological polar surface area (TPSA) is 73.5 Å². The number of hydrogen-bond donors (Lipinski definition) is 4. The first-order valence-electron chi connectivity index (χ1n) is 7.22. The summed E-state index contributed by atoms with van der Waals surface area (Å²) >= 11 is 3.87. The Labute approximate surface area is 137 Å². The van der Waals surface area contributed by atoms with Crippen LogP contribution in [0, 0.1) is 0 Å². The third-order valence-corrected chi connectivity index (χ3v) is 3.28. The molecule has 6 nitrogen and oxygen atoms in total. The van der Waals surface area contributed by atoms with Gasteiger partial charge in [0.15, 0.2) is 0 Å². The van der Waals surface area contributed by atoms with Crippen molar-refractivity contribution in [2.75, 3.05) is 43.2 Å². The van der Waals surface area contributed by atoms with Crippen molar-refractivity contribution in [3.8, 4) is 0 Å². The molecule has 0 unspecified atom stereocenters. The lowest BCUT2D eigenvalue weighted by atomic mass is 10.2. The fourth-order valence-electron chi connectivity index (χ4n) is 1.75. The van der Waals surface area contributed by atoms with Crippen molar-refractivity contribution in [2.45, 2.75) is 12.8 Å². The molecule has 0 heterocycles. The lowest BCUT2D eigenvalue weighted by molar-refractivity contribution is -0.118. The summed E-state index contributed by atoms with van der Waals surface area (Å²) in [5.41, 5.74) is 1.83. The van der Waals surface area contributed by atoms with Crippen LogP contribution in [0.25, 0.3) is 0 Å². The van der Waals surface area contributed by atoms with Crippen molar-refractivity contribution < 1.29 is 9.59 Å². The van der Waals surface area contributed by atoms with Crippen LogP contribution in [-0.4, -0.2) is 44.9 Å². The highest BCUT2D eigenvalue weighted by molar-refractivity contribution is 7.81. The summed E-state index contributed by atoms with van der Waals surface area (Å²) in [4.78, 5) is 24.7. The van der Waals surface area contributed by atoms with E-state index in [4.69, 9.17) is 0 Å². The molecular weight excluding hydrogens is 300 g/mol. The molecule has 7 heteroatoms. The number of amides is 3. The molecule has 22 heavy (non-hydrogen) atoms. The van der Waals surface area contributed by atoms with E-state index >= 15 is 0 Å². The standard InChI is InChI=1S/C15H24N4O2S/c1-19(2)13-7-5-12(6-8-13)18-15(21)17-10-4-3-9-16-14(20)11-22/h5-8,22H,3-4,9-11H2,1-2H3,(H,16,20)(H2,17,18,21). The minimum Gasteiger partial charge on any atom is -0.378 e. The van der Waals surface area contributed by atoms with Crippen LogP contribution in [0.3, 0.4) is 0 Å². The molecule has 122 valence electrons. The molecule has 0 atom stereocenters. The highest BCUT2D eigenvalue weighted by Crippen LogP contribution is 2.15. The van der Waals surface area contributed by atoms with Crippen molar-refractivity contribution >= 4 is 35.9 Å². The van der Waals surface area contributed by atoms with E-state index in [1.54, 1.807) is 0 Å². The zero-order chi connectivity index (χ0) is 16.4. The predicted molar refractivity (Wildman–Crippen MR) is 93.9 cm³/mol. The van der Waals surface area contributed by atoms with Gasteiger partial charge in [0.25, 0.3) is 0 Å². The van der Waals surface area contributed by atoms with Crippen molar-refractivity contribution in [2.24, 2.45) is 0 Å². The molecule has 0 bridgehead atoms. The molecule has 0 aliphatic heterocycles. The average molecular weight is 324 g/mol. The Hall–Kier alpha value is -1.89. The van der Waals surface area contributed by atoms with Crippen molar-refractivity contribution in [1.29, 1.82) is 0 Å². The van der Waals surface area contributed by atoms with Gasteiger partial charge in [-0.3, -0.25) is 4.79 Å². The zero-order valence-corrected chi connectivity index (χ0v) is 14.0. The number of carbonyl (C=O) groups is 2. The number of unbranched alkanes of at least 4 members (excludes halogenated alkanes) is 1. The predicted octanol–water partition coefficient (Wildman–Crippen LogP) is 1.70. The van der Waals surface area contributed by atoms with Gasteiger partial charge in [0.2, 0.25) is 5.91 Å². The van der Waals surface area contributed by atoms with Gasteiger partial charge in [-0.2, -0.15) is 12.6 Å². The normalized spacial score (nSPS) is 9.95. The Morgan fingerprint density at radius 1 is 1.05 bits per heavy atom. The highest BCUT2D eigenvalue weighted by atomic mass is 32.1. The summed E-state index contributed by atoms with van der Waals surface area (Å²) in [5, 5.41) is 8.29. The fraction of sp³-hybridized carbons (Fsp3) is 0.467. The van der Waals surface area contributed by atoms with Crippen molar-refractivity contribution in [3.05, 3.63) is 24.3 Å². The minimum absolute atomic E-state index is 0.0739. The summed E-state index contributed by atoms with van der Waals surface area (Å²) in [7, 11) is 3.93. The molecule has 0 aromatic heterocycles. The quantitative estimate of drug-likeness (QED) is 0.434. The van der Waals surface area contributed by atoms with E-state index in [1.165, 1.54) is 0 Å². The summed E-state index contributed by atoms with van der Waals surface area (Å²) in [5.74, 6) is 0.128. The van der Waals surface area contributed by atoms with Gasteiger partial charge in [0.05, 0.1) is 5.75 Å². The molecule has 0 fully saturated rings. The fourth-order valence-corrected chi connectivity index (χ4v) is 1.87. The van der Waals surface area contributed by atoms with Crippen LogP contribution in [0.5, 0.6) is 0 Å². The maximum Gasteiger partial charge on any atom is 0.319 e. The Balaban J connectivity index is 2.17. The number of hydrogen-bond acceptors (Lipinski definition) is 4. The first-order valence-corrected chi connectivity index (χ1v) is 7.86. The SMILES string of the molecule is CN(C)c1ccc(NC(=O)NCCCCNC(=O)CS)cc1. The van der Waals surface area contributed by atoms with Crippen LogP contribution in [0.15, 0.2) is 24.3 Å². The maximum atomic E-state index is 11.7. The number of thiol groups is 1. The van der Waals surface area contributed by atoms with Crippen molar-refractivity contribution in [1.82, 2.24) is 10.6 Å². The molecule has 1 aromatic rings. The van der Waals surface area contributed by atoms with E-state index in [-0.39, 0.29) is 17.7 Å². The van der Waals surface area contributed by atoms with Crippen LogP contribution in [0.2, 0.25) is 0 Å². The van der Waals surface area contributed by atoms with Crippen LogP contribution in [-0.2, 0) is 4.79 Å². The second-order valence-corrected chi connectivity index (χ2v) is 5.35. The van der Waals surface area contributed by atoms with E-state index in [2.05, 4.69) is 28.6 Å². The van der Waals surface area contributed by atoms with E-state index in [0.717, 1.165) is 24.2 Å². The number of nitrogens with zero attached hydrogens (tertiary/aromatic N) is 1. The monoisotopic (exact) mass is 324 g/mol. The molecule has 0 aliphatic rings. The van der Waals surface area contributed by atoms with Gasteiger partial charge < -0.3 is 20.9 Å². The molecule has 0 aliphatic carbocycles. The summed E-state index contributed by atoms with van der Waals surface area (Å²) in [6, 6.07) is 7.39. The highest BCUT2D eigenvalue weighted by Gasteiger charge is 2.02. The van der Waals surface area contributed by atoms with Gasteiger partial charge in [0, 0.05) is 38.6 Å². The van der Waals surface area contributed by atoms with E-state index < -0.39 is 0 Å². The van der Waals surface area contributed by atoms with Crippen LogP contribution in [0.4, 0.5) is 16.2 Å². The van der Waals surface area contributed by atoms with Gasteiger partial charge in [-0.1, -0.05) is 0 Å². The maximum absolute atomic E-state index is 11.7. The van der Waals surface area contributed by atoms with Crippen LogP contribution < -0.4 is 20.9 Å². The number of urea groups is 1. The second-order valence-electron chi connectivity index (χ2n) is 5.04. The van der Waals surface area contributed by atoms with Gasteiger partial charge >= 0.3 is 6.03 Å². The van der Waals surface area contributed by atoms with Gasteiger partial charge in [-0.25, -0.2) is 4.79 Å². The van der Waals surface area contributed by atoms with Crippen molar-refractivity contribution in [3.63, 3.8) is 0 Å². The van der Waals surface area contributed by atoms with E-state index in [9.17, 15) is 9.59 Å². The molecule has 0 saturated heterocycles. The number of carbonyl (C=O) groups excluding carboxylic acids is 2. The summed E-state index contributed by atoms with van der Waals surface area (Å²) < 4.78 is 0. The number of anilines is 2. The Morgan fingerprint density at radius 3 is 2.18 bits per heavy atom. The molecule has 3 N–H and O–H groups in total. The molecule has 1 aromatic carbocycles. The number of nitrogens with one attached hydrogen (secondary N) is 3. The second kappa shape index (κ2) is 9.94. The average Bonchev–Trinajstić information content (AvgIpc) is 2.50. The third-order valence-electron chi connectivity index (χ3n) is 3.00. The van der Waals surface area contributed by atoms with Gasteiger partial charge in [0.1, 0.15) is 0 Å². The van der Waals surface area contributed by atoms with E-state index in [1.807, 2.05) is 43.3 Å². The Morgan fingerprint density at radius 2 is 1.64 bits per heavy atom. The molecule has 1 rings (SSSR count).